The van der Waals surface area contributed by atoms with Gasteiger partial charge in [0.2, 0.25) is 0 Å². The molecule has 0 bridgehead atoms. The fraction of sp³-hybridized carbons (Fsp3) is 0.625. The summed E-state index contributed by atoms with van der Waals surface area (Å²) in [6, 6.07) is 8.14. The van der Waals surface area contributed by atoms with E-state index in [1.54, 1.807) is 0 Å². The summed E-state index contributed by atoms with van der Waals surface area (Å²) in [5.74, 6) is 0.760. The topological polar surface area (TPSA) is 41.5 Å². The van der Waals surface area contributed by atoms with Gasteiger partial charge in [0.15, 0.2) is 0 Å². The monoisotopic (exact) mass is 389 g/mol. The molecule has 1 aliphatic carbocycles. The van der Waals surface area contributed by atoms with Gasteiger partial charge >= 0.3 is 0 Å². The minimum absolute atomic E-state index is 0.339. The molecule has 0 amide bonds. The zero-order valence-corrected chi connectivity index (χ0v) is 14.2. The summed E-state index contributed by atoms with van der Waals surface area (Å²) >= 11 is 2.28. The lowest BCUT2D eigenvalue weighted by Gasteiger charge is -2.27. The van der Waals surface area contributed by atoms with Gasteiger partial charge in [0.25, 0.3) is 0 Å². The summed E-state index contributed by atoms with van der Waals surface area (Å²) in [5.41, 5.74) is 1.04. The van der Waals surface area contributed by atoms with Crippen molar-refractivity contribution in [2.24, 2.45) is 5.92 Å². The molecule has 3 atom stereocenters. The first-order valence-electron chi connectivity index (χ1n) is 7.42. The fourth-order valence-electron chi connectivity index (χ4n) is 2.67. The molecule has 0 aliphatic heterocycles. The second-order valence-electron chi connectivity index (χ2n) is 5.77. The molecule has 4 heteroatoms. The van der Waals surface area contributed by atoms with Crippen molar-refractivity contribution in [3.63, 3.8) is 0 Å². The van der Waals surface area contributed by atoms with Crippen LogP contribution in [0.15, 0.2) is 24.3 Å². The zero-order chi connectivity index (χ0) is 14.4. The number of nitrogens with one attached hydrogen (secondary N) is 1. The molecule has 112 valence electrons. The van der Waals surface area contributed by atoms with Gasteiger partial charge in [0, 0.05) is 15.8 Å². The van der Waals surface area contributed by atoms with E-state index < -0.39 is 6.10 Å². The zero-order valence-electron chi connectivity index (χ0n) is 12.0. The maximum absolute atomic E-state index is 9.99. The van der Waals surface area contributed by atoms with Crippen LogP contribution >= 0.6 is 22.6 Å². The Morgan fingerprint density at radius 2 is 2.30 bits per heavy atom. The van der Waals surface area contributed by atoms with Crippen molar-refractivity contribution in [1.29, 1.82) is 0 Å². The summed E-state index contributed by atoms with van der Waals surface area (Å²) in [4.78, 5) is 0. The van der Waals surface area contributed by atoms with Crippen LogP contribution in [0.1, 0.15) is 32.6 Å². The Balaban J connectivity index is 1.66. The van der Waals surface area contributed by atoms with Gasteiger partial charge in [-0.15, -0.1) is 0 Å². The number of anilines is 1. The number of halogens is 1. The highest BCUT2D eigenvalue weighted by molar-refractivity contribution is 14.1. The number of benzene rings is 1. The van der Waals surface area contributed by atoms with E-state index in [2.05, 4.69) is 47.0 Å². The number of aliphatic hydroxyl groups is 1. The Morgan fingerprint density at radius 3 is 3.05 bits per heavy atom. The van der Waals surface area contributed by atoms with Crippen molar-refractivity contribution in [1.82, 2.24) is 0 Å². The lowest BCUT2D eigenvalue weighted by molar-refractivity contribution is -0.0274. The maximum atomic E-state index is 9.99. The molecule has 0 aromatic heterocycles. The largest absolute Gasteiger partial charge is 0.389 e. The average molecular weight is 389 g/mol. The summed E-state index contributed by atoms with van der Waals surface area (Å²) < 4.78 is 7.03. The molecular formula is C16H24INO2. The van der Waals surface area contributed by atoms with Crippen molar-refractivity contribution in [3.05, 3.63) is 27.8 Å². The first-order chi connectivity index (χ1) is 9.63. The molecule has 1 aliphatic rings. The lowest BCUT2D eigenvalue weighted by atomic mass is 9.89. The Kier molecular flexibility index (Phi) is 6.58. The van der Waals surface area contributed by atoms with Gasteiger partial charge in [0.05, 0.1) is 18.8 Å². The van der Waals surface area contributed by atoms with Crippen LogP contribution < -0.4 is 5.32 Å². The highest BCUT2D eigenvalue weighted by Crippen LogP contribution is 2.25. The standard InChI is InChI=1S/C16H24INO2/c1-12-4-2-7-16(8-12)20-11-15(19)10-18-14-6-3-5-13(17)9-14/h3,5-6,9,12,15-16,18-19H,2,4,7-8,10-11H2,1H3. The first kappa shape index (κ1) is 16.0. The molecule has 3 nitrogen and oxygen atoms in total. The molecule has 0 saturated heterocycles. The third kappa shape index (κ3) is 5.58. The van der Waals surface area contributed by atoms with Crippen LogP contribution in [-0.4, -0.2) is 30.5 Å². The number of ether oxygens (including phenoxy) is 1. The molecule has 1 aromatic carbocycles. The Morgan fingerprint density at radius 1 is 1.45 bits per heavy atom. The van der Waals surface area contributed by atoms with E-state index >= 15 is 0 Å². The highest BCUT2D eigenvalue weighted by atomic mass is 127. The molecule has 0 heterocycles. The van der Waals surface area contributed by atoms with Crippen molar-refractivity contribution < 1.29 is 9.84 Å². The fourth-order valence-corrected chi connectivity index (χ4v) is 3.21. The van der Waals surface area contributed by atoms with E-state index in [4.69, 9.17) is 4.74 Å². The predicted octanol–water partition coefficient (Wildman–Crippen LogP) is 3.66. The van der Waals surface area contributed by atoms with Gasteiger partial charge in [-0.2, -0.15) is 0 Å². The summed E-state index contributed by atoms with van der Waals surface area (Å²) in [5, 5.41) is 13.2. The van der Waals surface area contributed by atoms with E-state index in [0.717, 1.165) is 24.4 Å². The first-order valence-corrected chi connectivity index (χ1v) is 8.50. The van der Waals surface area contributed by atoms with Crippen LogP contribution in [0.4, 0.5) is 5.69 Å². The summed E-state index contributed by atoms with van der Waals surface area (Å²) in [7, 11) is 0. The van der Waals surface area contributed by atoms with Gasteiger partial charge in [-0.25, -0.2) is 0 Å². The van der Waals surface area contributed by atoms with E-state index in [0.29, 0.717) is 19.3 Å². The van der Waals surface area contributed by atoms with Crippen molar-refractivity contribution >= 4 is 28.3 Å². The van der Waals surface area contributed by atoms with Gasteiger partial charge < -0.3 is 15.2 Å². The normalized spacial score (nSPS) is 24.4. The van der Waals surface area contributed by atoms with Crippen LogP contribution in [0, 0.1) is 9.49 Å². The minimum Gasteiger partial charge on any atom is -0.389 e. The predicted molar refractivity (Wildman–Crippen MR) is 91.0 cm³/mol. The average Bonchev–Trinajstić information content (AvgIpc) is 2.43. The van der Waals surface area contributed by atoms with Gasteiger partial charge in [-0.3, -0.25) is 0 Å². The van der Waals surface area contributed by atoms with Gasteiger partial charge in [-0.1, -0.05) is 25.8 Å². The minimum atomic E-state index is -0.454. The number of hydrogen-bond acceptors (Lipinski definition) is 3. The van der Waals surface area contributed by atoms with Crippen LogP contribution in [0.3, 0.4) is 0 Å². The van der Waals surface area contributed by atoms with Crippen molar-refractivity contribution in [2.45, 2.75) is 44.8 Å². The highest BCUT2D eigenvalue weighted by Gasteiger charge is 2.20. The quantitative estimate of drug-likeness (QED) is 0.730. The molecule has 20 heavy (non-hydrogen) atoms. The lowest BCUT2D eigenvalue weighted by Crippen LogP contribution is -2.30. The summed E-state index contributed by atoms with van der Waals surface area (Å²) in [6.07, 6.45) is 4.73. The number of rotatable bonds is 6. The molecule has 0 radical (unpaired) electrons. The third-order valence-corrected chi connectivity index (χ3v) is 4.45. The van der Waals surface area contributed by atoms with Gasteiger partial charge in [-0.05, 0) is 59.5 Å². The Labute approximate surface area is 135 Å². The molecule has 1 saturated carbocycles. The third-order valence-electron chi connectivity index (χ3n) is 3.78. The van der Waals surface area contributed by atoms with Crippen molar-refractivity contribution in [3.8, 4) is 0 Å². The van der Waals surface area contributed by atoms with E-state index in [9.17, 15) is 5.11 Å². The molecule has 2 N–H and O–H groups in total. The van der Waals surface area contributed by atoms with Gasteiger partial charge in [0.1, 0.15) is 0 Å². The smallest absolute Gasteiger partial charge is 0.0945 e. The molecule has 1 fully saturated rings. The molecule has 1 aromatic rings. The van der Waals surface area contributed by atoms with Crippen molar-refractivity contribution in [2.75, 3.05) is 18.5 Å². The van der Waals surface area contributed by atoms with Crippen LogP contribution in [0.2, 0.25) is 0 Å². The van der Waals surface area contributed by atoms with Crippen LogP contribution in [-0.2, 0) is 4.74 Å². The second-order valence-corrected chi connectivity index (χ2v) is 7.02. The Bertz CT molecular complexity index is 413. The maximum Gasteiger partial charge on any atom is 0.0945 e. The number of aliphatic hydroxyl groups excluding tert-OH is 1. The van der Waals surface area contributed by atoms with Crippen LogP contribution in [0.25, 0.3) is 0 Å². The number of hydrogen-bond donors (Lipinski definition) is 2. The SMILES string of the molecule is CC1CCCC(OCC(O)CNc2cccc(I)c2)C1. The molecule has 3 unspecified atom stereocenters. The molecule has 2 rings (SSSR count). The molecular weight excluding hydrogens is 365 g/mol. The Hall–Kier alpha value is -0.330. The van der Waals surface area contributed by atoms with E-state index in [1.165, 1.54) is 16.4 Å². The summed E-state index contributed by atoms with van der Waals surface area (Å²) in [6.45, 7) is 3.24. The van der Waals surface area contributed by atoms with Crippen LogP contribution in [0.5, 0.6) is 0 Å². The van der Waals surface area contributed by atoms with E-state index in [1.807, 2.05) is 12.1 Å². The van der Waals surface area contributed by atoms with E-state index in [-0.39, 0.29) is 0 Å². The second kappa shape index (κ2) is 8.20. The molecule has 0 spiro atoms.